The Hall–Kier alpha value is -3.40. The predicted molar refractivity (Wildman–Crippen MR) is 108 cm³/mol. The van der Waals surface area contributed by atoms with Crippen LogP contribution in [0, 0.1) is 5.82 Å². The Morgan fingerprint density at radius 1 is 1.16 bits per heavy atom. The van der Waals surface area contributed by atoms with Gasteiger partial charge in [-0.25, -0.2) is 19.3 Å². The number of ether oxygens (including phenoxy) is 1. The predicted octanol–water partition coefficient (Wildman–Crippen LogP) is 1.42. The molecule has 1 N–H and O–H groups in total. The maximum Gasteiger partial charge on any atom is 0.251 e. The molecule has 2 aliphatic heterocycles. The lowest BCUT2D eigenvalue weighted by Gasteiger charge is -2.45. The van der Waals surface area contributed by atoms with Crippen LogP contribution in [0.25, 0.3) is 0 Å². The number of piperidine rings is 1. The number of anilines is 1. The lowest BCUT2D eigenvalue weighted by Crippen LogP contribution is -2.54. The minimum atomic E-state index is -0.661. The average Bonchev–Trinajstić information content (AvgIpc) is 3.29. The molecule has 0 aliphatic carbocycles. The quantitative estimate of drug-likeness (QED) is 0.678. The van der Waals surface area contributed by atoms with Gasteiger partial charge < -0.3 is 19.5 Å². The van der Waals surface area contributed by atoms with E-state index in [1.807, 2.05) is 33.9 Å². The first kappa shape index (κ1) is 19.6. The molecule has 31 heavy (non-hydrogen) atoms. The minimum absolute atomic E-state index is 0.173. The SMILES string of the molecule is O=C(NCc1ccccn1)C1Cn2ccnc2C2(CCN(c3ncc(F)cn3)CC2)O1. The van der Waals surface area contributed by atoms with E-state index in [0.29, 0.717) is 45.0 Å². The van der Waals surface area contributed by atoms with Gasteiger partial charge in [0, 0.05) is 44.5 Å². The summed E-state index contributed by atoms with van der Waals surface area (Å²) in [5.41, 5.74) is 0.128. The lowest BCUT2D eigenvalue weighted by atomic mass is 9.88. The van der Waals surface area contributed by atoms with Crippen LogP contribution in [0.15, 0.2) is 49.2 Å². The molecule has 1 saturated heterocycles. The highest BCUT2D eigenvalue weighted by atomic mass is 19.1. The Balaban J connectivity index is 1.30. The van der Waals surface area contributed by atoms with E-state index >= 15 is 0 Å². The fourth-order valence-electron chi connectivity index (χ4n) is 4.21. The molecule has 9 nitrogen and oxygen atoms in total. The van der Waals surface area contributed by atoms with Crippen LogP contribution in [0.2, 0.25) is 0 Å². The highest BCUT2D eigenvalue weighted by Crippen LogP contribution is 2.40. The molecule has 1 unspecified atom stereocenters. The number of hydrogen-bond donors (Lipinski definition) is 1. The van der Waals surface area contributed by atoms with Gasteiger partial charge in [-0.1, -0.05) is 6.07 Å². The number of hydrogen-bond acceptors (Lipinski definition) is 7. The van der Waals surface area contributed by atoms with Gasteiger partial charge in [-0.05, 0) is 12.1 Å². The number of amides is 1. The molecule has 5 rings (SSSR count). The summed E-state index contributed by atoms with van der Waals surface area (Å²) in [7, 11) is 0. The van der Waals surface area contributed by atoms with Gasteiger partial charge in [0.15, 0.2) is 11.9 Å². The van der Waals surface area contributed by atoms with E-state index in [4.69, 9.17) is 4.74 Å². The van der Waals surface area contributed by atoms with Crippen LogP contribution >= 0.6 is 0 Å². The third-order valence-electron chi connectivity index (χ3n) is 5.78. The summed E-state index contributed by atoms with van der Waals surface area (Å²) in [5.74, 6) is 0.684. The molecule has 5 heterocycles. The largest absolute Gasteiger partial charge is 0.352 e. The van der Waals surface area contributed by atoms with E-state index in [0.717, 1.165) is 11.5 Å². The first-order valence-electron chi connectivity index (χ1n) is 10.2. The molecule has 3 aromatic rings. The van der Waals surface area contributed by atoms with Gasteiger partial charge >= 0.3 is 0 Å². The lowest BCUT2D eigenvalue weighted by molar-refractivity contribution is -0.167. The van der Waals surface area contributed by atoms with E-state index in [9.17, 15) is 9.18 Å². The first-order valence-corrected chi connectivity index (χ1v) is 10.2. The van der Waals surface area contributed by atoms with Crippen molar-refractivity contribution in [2.45, 2.75) is 37.6 Å². The number of fused-ring (bicyclic) bond motifs is 2. The average molecular weight is 423 g/mol. The number of imidazole rings is 1. The summed E-state index contributed by atoms with van der Waals surface area (Å²) in [6.45, 7) is 1.98. The van der Waals surface area contributed by atoms with Crippen molar-refractivity contribution in [3.63, 3.8) is 0 Å². The number of nitrogens with zero attached hydrogens (tertiary/aromatic N) is 6. The van der Waals surface area contributed by atoms with Crippen LogP contribution < -0.4 is 10.2 Å². The van der Waals surface area contributed by atoms with Crippen molar-refractivity contribution >= 4 is 11.9 Å². The van der Waals surface area contributed by atoms with Crippen LogP contribution in [0.1, 0.15) is 24.4 Å². The van der Waals surface area contributed by atoms with Crippen molar-refractivity contribution in [2.75, 3.05) is 18.0 Å². The van der Waals surface area contributed by atoms with Crippen LogP contribution in [-0.4, -0.2) is 49.6 Å². The number of nitrogens with one attached hydrogen (secondary N) is 1. The van der Waals surface area contributed by atoms with E-state index in [1.165, 1.54) is 12.4 Å². The van der Waals surface area contributed by atoms with Crippen molar-refractivity contribution in [1.29, 1.82) is 0 Å². The molecule has 10 heteroatoms. The zero-order chi connectivity index (χ0) is 21.3. The fourth-order valence-corrected chi connectivity index (χ4v) is 4.21. The fraction of sp³-hybridized carbons (Fsp3) is 0.381. The summed E-state index contributed by atoms with van der Waals surface area (Å²) in [5, 5.41) is 2.93. The molecule has 0 bridgehead atoms. The minimum Gasteiger partial charge on any atom is -0.352 e. The van der Waals surface area contributed by atoms with Crippen molar-refractivity contribution in [3.8, 4) is 0 Å². The second kappa shape index (κ2) is 8.03. The molecular formula is C21H22FN7O2. The molecule has 1 fully saturated rings. The Morgan fingerprint density at radius 3 is 2.71 bits per heavy atom. The maximum absolute atomic E-state index is 13.1. The number of rotatable bonds is 4. The second-order valence-electron chi connectivity index (χ2n) is 7.73. The standard InChI is InChI=1S/C21H22FN7O2/c22-15-11-26-20(27-12-15)28-8-4-21(5-9-28)19-24-7-10-29(19)14-17(31-21)18(30)25-13-16-3-1-2-6-23-16/h1-3,6-7,10-12,17H,4-5,8-9,13-14H2,(H,25,30). The van der Waals surface area contributed by atoms with Gasteiger partial charge in [-0.2, -0.15) is 0 Å². The van der Waals surface area contributed by atoms with Crippen LogP contribution in [0.4, 0.5) is 10.3 Å². The number of pyridine rings is 1. The number of aromatic nitrogens is 5. The highest BCUT2D eigenvalue weighted by molar-refractivity contribution is 5.80. The zero-order valence-electron chi connectivity index (χ0n) is 16.8. The molecule has 0 aromatic carbocycles. The Labute approximate surface area is 178 Å². The highest BCUT2D eigenvalue weighted by Gasteiger charge is 2.47. The van der Waals surface area contributed by atoms with Crippen molar-refractivity contribution in [3.05, 3.63) is 66.5 Å². The molecule has 1 amide bonds. The molecule has 160 valence electrons. The first-order chi connectivity index (χ1) is 15.1. The molecule has 0 saturated carbocycles. The topological polar surface area (TPSA) is 98.1 Å². The number of carbonyl (C=O) groups excluding carboxylic acids is 1. The molecule has 1 atom stereocenters. The van der Waals surface area contributed by atoms with Gasteiger partial charge in [0.25, 0.3) is 5.91 Å². The second-order valence-corrected chi connectivity index (χ2v) is 7.73. The van der Waals surface area contributed by atoms with Crippen LogP contribution in [0.5, 0.6) is 0 Å². The van der Waals surface area contributed by atoms with Gasteiger partial charge in [0.1, 0.15) is 11.4 Å². The maximum atomic E-state index is 13.1. The normalized spacial score (nSPS) is 19.8. The van der Waals surface area contributed by atoms with E-state index in [2.05, 4.69) is 25.3 Å². The Bertz CT molecular complexity index is 1050. The summed E-state index contributed by atoms with van der Waals surface area (Å²) >= 11 is 0. The Kier molecular flexibility index (Phi) is 5.06. The van der Waals surface area contributed by atoms with Gasteiger partial charge in [-0.3, -0.25) is 9.78 Å². The van der Waals surface area contributed by atoms with Crippen molar-refractivity contribution in [2.24, 2.45) is 0 Å². The monoisotopic (exact) mass is 423 g/mol. The zero-order valence-corrected chi connectivity index (χ0v) is 16.8. The number of carbonyl (C=O) groups is 1. The smallest absolute Gasteiger partial charge is 0.251 e. The van der Waals surface area contributed by atoms with Crippen molar-refractivity contribution in [1.82, 2.24) is 29.8 Å². The molecule has 1 spiro atoms. The molecule has 0 radical (unpaired) electrons. The van der Waals surface area contributed by atoms with Gasteiger partial charge in [0.05, 0.1) is 31.2 Å². The van der Waals surface area contributed by atoms with E-state index < -0.39 is 17.5 Å². The Morgan fingerprint density at radius 2 is 1.97 bits per heavy atom. The molecule has 2 aliphatic rings. The van der Waals surface area contributed by atoms with Gasteiger partial charge in [0.2, 0.25) is 5.95 Å². The van der Waals surface area contributed by atoms with E-state index in [1.54, 1.807) is 12.4 Å². The third-order valence-corrected chi connectivity index (χ3v) is 5.78. The summed E-state index contributed by atoms with van der Waals surface area (Å²) in [6, 6.07) is 5.59. The van der Waals surface area contributed by atoms with Crippen LogP contribution in [0.3, 0.4) is 0 Å². The van der Waals surface area contributed by atoms with Crippen molar-refractivity contribution < 1.29 is 13.9 Å². The third kappa shape index (κ3) is 3.86. The molecular weight excluding hydrogens is 401 g/mol. The number of halogens is 1. The summed E-state index contributed by atoms with van der Waals surface area (Å²) < 4.78 is 21.6. The van der Waals surface area contributed by atoms with Crippen LogP contribution in [-0.2, 0) is 28.2 Å². The van der Waals surface area contributed by atoms with E-state index in [-0.39, 0.29) is 5.91 Å². The van der Waals surface area contributed by atoms with Gasteiger partial charge in [-0.15, -0.1) is 0 Å². The summed E-state index contributed by atoms with van der Waals surface area (Å²) in [4.78, 5) is 31.8. The summed E-state index contributed by atoms with van der Waals surface area (Å²) in [6.07, 6.45) is 8.27. The molecule has 3 aromatic heterocycles.